The minimum atomic E-state index is -0.151. The largest absolute Gasteiger partial charge is 0.493 e. The summed E-state index contributed by atoms with van der Waals surface area (Å²) < 4.78 is 16.2. The van der Waals surface area contributed by atoms with Crippen LogP contribution in [0.3, 0.4) is 0 Å². The van der Waals surface area contributed by atoms with E-state index in [2.05, 4.69) is 5.32 Å². The fourth-order valence-electron chi connectivity index (χ4n) is 4.77. The molecule has 27 heavy (non-hydrogen) atoms. The van der Waals surface area contributed by atoms with Crippen molar-refractivity contribution in [2.75, 3.05) is 21.3 Å². The number of hydrogen-bond donors (Lipinski definition) is 2. The molecule has 2 fully saturated rings. The van der Waals surface area contributed by atoms with E-state index >= 15 is 0 Å². The van der Waals surface area contributed by atoms with Gasteiger partial charge in [0.1, 0.15) is 0 Å². The molecule has 3 N–H and O–H groups in total. The van der Waals surface area contributed by atoms with Crippen LogP contribution in [0.15, 0.2) is 12.1 Å². The minimum absolute atomic E-state index is 0.0598. The second-order valence-electron chi connectivity index (χ2n) is 7.89. The van der Waals surface area contributed by atoms with Gasteiger partial charge in [-0.3, -0.25) is 4.79 Å². The van der Waals surface area contributed by atoms with E-state index in [4.69, 9.17) is 19.9 Å². The highest BCUT2D eigenvalue weighted by Gasteiger charge is 2.40. The Kier molecular flexibility index (Phi) is 6.15. The molecule has 2 aliphatic carbocycles. The molecule has 1 aromatic rings. The number of hydrogen-bond acceptors (Lipinski definition) is 5. The normalized spacial score (nSPS) is 28.2. The van der Waals surface area contributed by atoms with E-state index in [0.29, 0.717) is 29.1 Å². The Hall–Kier alpha value is -1.95. The van der Waals surface area contributed by atoms with Gasteiger partial charge in [0, 0.05) is 12.0 Å². The average Bonchev–Trinajstić information content (AvgIpc) is 2.66. The Morgan fingerprint density at radius 1 is 1.07 bits per heavy atom. The lowest BCUT2D eigenvalue weighted by Crippen LogP contribution is -2.49. The zero-order valence-corrected chi connectivity index (χ0v) is 16.8. The van der Waals surface area contributed by atoms with Gasteiger partial charge in [-0.1, -0.05) is 6.42 Å². The number of rotatable bonds is 6. The molecular formula is C21H32N2O4. The summed E-state index contributed by atoms with van der Waals surface area (Å²) in [5, 5.41) is 3.18. The lowest BCUT2D eigenvalue weighted by atomic mass is 9.65. The molecule has 0 aliphatic heterocycles. The highest BCUT2D eigenvalue weighted by Crippen LogP contribution is 2.43. The molecule has 0 spiro atoms. The number of nitrogens with two attached hydrogens (primary N) is 1. The molecule has 0 aromatic heterocycles. The van der Waals surface area contributed by atoms with Gasteiger partial charge in [0.15, 0.2) is 11.5 Å². The summed E-state index contributed by atoms with van der Waals surface area (Å²) in [6.45, 7) is 1.98. The molecular weight excluding hydrogens is 344 g/mol. The molecule has 6 nitrogen and oxygen atoms in total. The van der Waals surface area contributed by atoms with E-state index in [0.717, 1.165) is 31.2 Å². The molecule has 150 valence electrons. The predicted molar refractivity (Wildman–Crippen MR) is 104 cm³/mol. The lowest BCUT2D eigenvalue weighted by molar-refractivity contribution is -0.128. The topological polar surface area (TPSA) is 82.8 Å². The fraction of sp³-hybridized carbons (Fsp3) is 0.667. The molecule has 0 saturated heterocycles. The van der Waals surface area contributed by atoms with Crippen molar-refractivity contribution in [3.8, 4) is 17.2 Å². The summed E-state index contributed by atoms with van der Waals surface area (Å²) in [4.78, 5) is 12.9. The van der Waals surface area contributed by atoms with E-state index in [1.165, 1.54) is 6.42 Å². The van der Waals surface area contributed by atoms with Crippen LogP contribution in [-0.2, 0) is 4.79 Å². The molecule has 2 bridgehead atoms. The summed E-state index contributed by atoms with van der Waals surface area (Å²) >= 11 is 0. The SMILES string of the molecule is COc1cc(C(C)NC(=O)C2CC3CCCC(C2)C3N)cc(OC)c1OC. The molecule has 1 aromatic carbocycles. The van der Waals surface area contributed by atoms with Crippen LogP contribution < -0.4 is 25.3 Å². The van der Waals surface area contributed by atoms with Gasteiger partial charge in [-0.2, -0.15) is 0 Å². The first kappa shape index (κ1) is 19.8. The zero-order chi connectivity index (χ0) is 19.6. The molecule has 6 heteroatoms. The van der Waals surface area contributed by atoms with Crippen LogP contribution in [-0.4, -0.2) is 33.3 Å². The summed E-state index contributed by atoms with van der Waals surface area (Å²) in [6.07, 6.45) is 5.38. The Labute approximate surface area is 161 Å². The van der Waals surface area contributed by atoms with Crippen LogP contribution in [0.2, 0.25) is 0 Å². The lowest BCUT2D eigenvalue weighted by Gasteiger charge is -2.43. The van der Waals surface area contributed by atoms with Crippen molar-refractivity contribution in [3.63, 3.8) is 0 Å². The molecule has 0 radical (unpaired) electrons. The Balaban J connectivity index is 1.71. The second kappa shape index (κ2) is 8.38. The summed E-state index contributed by atoms with van der Waals surface area (Å²) in [5.74, 6) is 2.90. The summed E-state index contributed by atoms with van der Waals surface area (Å²) in [7, 11) is 4.76. The molecule has 3 atom stereocenters. The van der Waals surface area contributed by atoms with Crippen LogP contribution in [0, 0.1) is 17.8 Å². The maximum absolute atomic E-state index is 12.9. The van der Waals surface area contributed by atoms with Crippen LogP contribution in [0.1, 0.15) is 50.6 Å². The van der Waals surface area contributed by atoms with Gasteiger partial charge < -0.3 is 25.3 Å². The highest BCUT2D eigenvalue weighted by atomic mass is 16.5. The summed E-state index contributed by atoms with van der Waals surface area (Å²) in [6, 6.07) is 3.90. The van der Waals surface area contributed by atoms with Gasteiger partial charge in [0.25, 0.3) is 0 Å². The smallest absolute Gasteiger partial charge is 0.223 e. The number of nitrogens with one attached hydrogen (secondary N) is 1. The van der Waals surface area contributed by atoms with Gasteiger partial charge in [-0.15, -0.1) is 0 Å². The first-order chi connectivity index (χ1) is 13.0. The number of amides is 1. The third-order valence-electron chi connectivity index (χ3n) is 6.33. The molecule has 2 saturated carbocycles. The summed E-state index contributed by atoms with van der Waals surface area (Å²) in [5.41, 5.74) is 7.28. The van der Waals surface area contributed by atoms with Gasteiger partial charge >= 0.3 is 0 Å². The predicted octanol–water partition coefficient (Wildman–Crippen LogP) is 3.04. The number of ether oxygens (including phenoxy) is 3. The third-order valence-corrected chi connectivity index (χ3v) is 6.33. The Morgan fingerprint density at radius 2 is 1.63 bits per heavy atom. The highest BCUT2D eigenvalue weighted by molar-refractivity contribution is 5.79. The number of methoxy groups -OCH3 is 3. The van der Waals surface area contributed by atoms with Crippen LogP contribution in [0.25, 0.3) is 0 Å². The maximum Gasteiger partial charge on any atom is 0.223 e. The van der Waals surface area contributed by atoms with Crippen molar-refractivity contribution in [2.24, 2.45) is 23.5 Å². The Bertz CT molecular complexity index is 639. The average molecular weight is 376 g/mol. The van der Waals surface area contributed by atoms with Gasteiger partial charge in [0.05, 0.1) is 27.4 Å². The Morgan fingerprint density at radius 3 is 2.11 bits per heavy atom. The first-order valence-electron chi connectivity index (χ1n) is 9.84. The van der Waals surface area contributed by atoms with E-state index in [1.54, 1.807) is 21.3 Å². The molecule has 3 unspecified atom stereocenters. The van der Waals surface area contributed by atoms with Gasteiger partial charge in [-0.05, 0) is 62.1 Å². The van der Waals surface area contributed by atoms with Crippen molar-refractivity contribution in [3.05, 3.63) is 17.7 Å². The van der Waals surface area contributed by atoms with Crippen molar-refractivity contribution in [2.45, 2.75) is 51.1 Å². The fourth-order valence-corrected chi connectivity index (χ4v) is 4.77. The van der Waals surface area contributed by atoms with E-state index in [9.17, 15) is 4.79 Å². The van der Waals surface area contributed by atoms with E-state index < -0.39 is 0 Å². The standard InChI is InChI=1S/C21H32N2O4/c1-12(15-10-17(25-2)20(27-4)18(11-15)26-3)23-21(24)16-8-13-6-5-7-14(9-16)19(13)22/h10-14,16,19H,5-9,22H2,1-4H3,(H,23,24). The monoisotopic (exact) mass is 376 g/mol. The van der Waals surface area contributed by atoms with Crippen molar-refractivity contribution >= 4 is 5.91 Å². The van der Waals surface area contributed by atoms with Crippen LogP contribution >= 0.6 is 0 Å². The third kappa shape index (κ3) is 4.00. The van der Waals surface area contributed by atoms with Crippen LogP contribution in [0.4, 0.5) is 0 Å². The van der Waals surface area contributed by atoms with E-state index in [1.807, 2.05) is 19.1 Å². The van der Waals surface area contributed by atoms with E-state index in [-0.39, 0.29) is 23.9 Å². The molecule has 3 rings (SSSR count). The molecule has 0 heterocycles. The molecule has 1 amide bonds. The number of fused-ring (bicyclic) bond motifs is 2. The maximum atomic E-state index is 12.9. The molecule has 2 aliphatic rings. The van der Waals surface area contributed by atoms with Gasteiger partial charge in [-0.25, -0.2) is 0 Å². The zero-order valence-electron chi connectivity index (χ0n) is 16.8. The van der Waals surface area contributed by atoms with Crippen molar-refractivity contribution in [1.82, 2.24) is 5.32 Å². The number of benzene rings is 1. The van der Waals surface area contributed by atoms with Crippen molar-refractivity contribution < 1.29 is 19.0 Å². The number of carbonyl (C=O) groups excluding carboxylic acids is 1. The minimum Gasteiger partial charge on any atom is -0.493 e. The first-order valence-corrected chi connectivity index (χ1v) is 9.84. The van der Waals surface area contributed by atoms with Gasteiger partial charge in [0.2, 0.25) is 11.7 Å². The quantitative estimate of drug-likeness (QED) is 0.797. The number of carbonyl (C=O) groups is 1. The van der Waals surface area contributed by atoms with Crippen LogP contribution in [0.5, 0.6) is 17.2 Å². The second-order valence-corrected chi connectivity index (χ2v) is 7.89. The van der Waals surface area contributed by atoms with Crippen molar-refractivity contribution in [1.29, 1.82) is 0 Å².